The largest absolute Gasteiger partial charge is 0.351 e. The van der Waals surface area contributed by atoms with Gasteiger partial charge < -0.3 is 11.1 Å². The molecule has 4 rings (SSSR count). The van der Waals surface area contributed by atoms with Crippen LogP contribution in [0.4, 0.5) is 14.9 Å². The summed E-state index contributed by atoms with van der Waals surface area (Å²) in [6.07, 6.45) is 3.71. The lowest BCUT2D eigenvalue weighted by atomic mass is 10.1. The number of primary amides is 1. The minimum atomic E-state index is -0.600. The predicted octanol–water partition coefficient (Wildman–Crippen LogP) is 4.61. The number of halogens is 1. The van der Waals surface area contributed by atoms with Gasteiger partial charge in [-0.1, -0.05) is 24.3 Å². The van der Waals surface area contributed by atoms with E-state index in [0.29, 0.717) is 5.69 Å². The number of carbonyl (C=O) groups is 1. The van der Waals surface area contributed by atoms with Gasteiger partial charge in [0.05, 0.1) is 11.9 Å². The van der Waals surface area contributed by atoms with Crippen LogP contribution in [0.2, 0.25) is 0 Å². The molecule has 0 bridgehead atoms. The molecule has 2 heterocycles. The van der Waals surface area contributed by atoms with E-state index in [1.54, 1.807) is 18.3 Å². The van der Waals surface area contributed by atoms with Crippen LogP contribution < -0.4 is 11.1 Å². The molecule has 0 radical (unpaired) electrons. The van der Waals surface area contributed by atoms with Gasteiger partial charge in [0.15, 0.2) is 0 Å². The van der Waals surface area contributed by atoms with E-state index in [1.165, 1.54) is 12.1 Å². The number of aryl methyl sites for hydroxylation is 1. The van der Waals surface area contributed by atoms with Gasteiger partial charge in [0.2, 0.25) is 0 Å². The van der Waals surface area contributed by atoms with Gasteiger partial charge in [-0.2, -0.15) is 0 Å². The number of carbonyl (C=O) groups excluding carboxylic acids is 1. The van der Waals surface area contributed by atoms with Gasteiger partial charge in [-0.05, 0) is 53.9 Å². The van der Waals surface area contributed by atoms with Crippen molar-refractivity contribution < 1.29 is 9.18 Å². The first kappa shape index (κ1) is 16.8. The Labute approximate surface area is 155 Å². The SMILES string of the molecule is Cc1ccc(-c2cnc3cc(-c4ccc(F)cc4)ccn23)cc1NC(N)=O. The average molecular weight is 360 g/mol. The van der Waals surface area contributed by atoms with Gasteiger partial charge in [0, 0.05) is 17.4 Å². The van der Waals surface area contributed by atoms with Crippen molar-refractivity contribution in [3.63, 3.8) is 0 Å². The Morgan fingerprint density at radius 3 is 2.52 bits per heavy atom. The van der Waals surface area contributed by atoms with Gasteiger partial charge in [0.25, 0.3) is 0 Å². The maximum atomic E-state index is 13.1. The highest BCUT2D eigenvalue weighted by Crippen LogP contribution is 2.28. The van der Waals surface area contributed by atoms with Crippen LogP contribution in [-0.2, 0) is 0 Å². The highest BCUT2D eigenvalue weighted by atomic mass is 19.1. The molecule has 0 unspecified atom stereocenters. The molecule has 27 heavy (non-hydrogen) atoms. The zero-order chi connectivity index (χ0) is 19.0. The van der Waals surface area contributed by atoms with E-state index in [0.717, 1.165) is 33.6 Å². The van der Waals surface area contributed by atoms with E-state index in [2.05, 4.69) is 10.3 Å². The monoisotopic (exact) mass is 360 g/mol. The summed E-state index contributed by atoms with van der Waals surface area (Å²) in [5.41, 5.74) is 11.3. The maximum absolute atomic E-state index is 13.1. The van der Waals surface area contributed by atoms with Gasteiger partial charge >= 0.3 is 6.03 Å². The molecule has 0 aliphatic carbocycles. The van der Waals surface area contributed by atoms with Crippen LogP contribution in [0, 0.1) is 12.7 Å². The number of nitrogens with zero attached hydrogens (tertiary/aromatic N) is 2. The number of rotatable bonds is 3. The van der Waals surface area contributed by atoms with Crippen LogP contribution in [0.15, 0.2) is 67.0 Å². The average Bonchev–Trinajstić information content (AvgIpc) is 3.07. The molecule has 2 amide bonds. The number of benzene rings is 2. The lowest BCUT2D eigenvalue weighted by molar-refractivity contribution is 0.259. The number of hydrogen-bond acceptors (Lipinski definition) is 2. The Kier molecular flexibility index (Phi) is 4.08. The van der Waals surface area contributed by atoms with E-state index in [-0.39, 0.29) is 5.82 Å². The van der Waals surface area contributed by atoms with Gasteiger partial charge in [0.1, 0.15) is 11.5 Å². The fraction of sp³-hybridized carbons (Fsp3) is 0.0476. The highest BCUT2D eigenvalue weighted by Gasteiger charge is 2.10. The molecule has 5 nitrogen and oxygen atoms in total. The number of anilines is 1. The fourth-order valence-electron chi connectivity index (χ4n) is 3.06. The second kappa shape index (κ2) is 6.57. The summed E-state index contributed by atoms with van der Waals surface area (Å²) in [6, 6.07) is 15.4. The summed E-state index contributed by atoms with van der Waals surface area (Å²) in [5, 5.41) is 2.64. The van der Waals surface area contributed by atoms with Crippen molar-refractivity contribution in [2.75, 3.05) is 5.32 Å². The Bertz CT molecular complexity index is 1150. The van der Waals surface area contributed by atoms with Crippen LogP contribution in [0.25, 0.3) is 28.0 Å². The van der Waals surface area contributed by atoms with Crippen LogP contribution in [-0.4, -0.2) is 15.4 Å². The Morgan fingerprint density at radius 2 is 1.78 bits per heavy atom. The Hall–Kier alpha value is -3.67. The molecule has 6 heteroatoms. The zero-order valence-corrected chi connectivity index (χ0v) is 14.6. The molecule has 0 saturated carbocycles. The molecule has 0 aliphatic heterocycles. The molecule has 2 aromatic carbocycles. The van der Waals surface area contributed by atoms with Gasteiger partial charge in [-0.3, -0.25) is 4.40 Å². The molecule has 4 aromatic rings. The number of aromatic nitrogens is 2. The maximum Gasteiger partial charge on any atom is 0.316 e. The first-order chi connectivity index (χ1) is 13.0. The molecule has 0 aliphatic rings. The van der Waals surface area contributed by atoms with E-state index >= 15 is 0 Å². The van der Waals surface area contributed by atoms with Crippen molar-refractivity contribution in [3.05, 3.63) is 78.4 Å². The second-order valence-electron chi connectivity index (χ2n) is 6.31. The normalized spacial score (nSPS) is 10.9. The van der Waals surface area contributed by atoms with Crippen molar-refractivity contribution in [1.29, 1.82) is 0 Å². The van der Waals surface area contributed by atoms with Crippen molar-refractivity contribution in [3.8, 4) is 22.4 Å². The van der Waals surface area contributed by atoms with E-state index in [4.69, 9.17) is 5.73 Å². The summed E-state index contributed by atoms with van der Waals surface area (Å²) in [4.78, 5) is 15.7. The topological polar surface area (TPSA) is 72.4 Å². The number of hydrogen-bond donors (Lipinski definition) is 2. The number of imidazole rings is 1. The molecule has 0 fully saturated rings. The van der Waals surface area contributed by atoms with Crippen molar-refractivity contribution in [2.45, 2.75) is 6.92 Å². The Morgan fingerprint density at radius 1 is 1.04 bits per heavy atom. The summed E-state index contributed by atoms with van der Waals surface area (Å²) in [5.74, 6) is -0.261. The first-order valence-corrected chi connectivity index (χ1v) is 8.42. The van der Waals surface area contributed by atoms with E-state index in [1.807, 2.05) is 47.9 Å². The quantitative estimate of drug-likeness (QED) is 0.560. The third-order valence-corrected chi connectivity index (χ3v) is 4.48. The molecular weight excluding hydrogens is 343 g/mol. The first-order valence-electron chi connectivity index (χ1n) is 8.42. The van der Waals surface area contributed by atoms with Crippen molar-refractivity contribution in [2.24, 2.45) is 5.73 Å². The summed E-state index contributed by atoms with van der Waals surface area (Å²) >= 11 is 0. The molecular formula is C21H17FN4O. The number of pyridine rings is 1. The molecule has 0 atom stereocenters. The minimum Gasteiger partial charge on any atom is -0.351 e. The molecule has 134 valence electrons. The number of urea groups is 1. The van der Waals surface area contributed by atoms with Crippen molar-refractivity contribution >= 4 is 17.4 Å². The number of fused-ring (bicyclic) bond motifs is 1. The summed E-state index contributed by atoms with van der Waals surface area (Å²) in [7, 11) is 0. The fourth-order valence-corrected chi connectivity index (χ4v) is 3.06. The second-order valence-corrected chi connectivity index (χ2v) is 6.31. The van der Waals surface area contributed by atoms with Crippen LogP contribution in [0.3, 0.4) is 0 Å². The van der Waals surface area contributed by atoms with Crippen LogP contribution >= 0.6 is 0 Å². The van der Waals surface area contributed by atoms with Gasteiger partial charge in [-0.15, -0.1) is 0 Å². The minimum absolute atomic E-state index is 0.261. The van der Waals surface area contributed by atoms with Crippen LogP contribution in [0.1, 0.15) is 5.56 Å². The van der Waals surface area contributed by atoms with Crippen LogP contribution in [0.5, 0.6) is 0 Å². The smallest absolute Gasteiger partial charge is 0.316 e. The molecule has 0 saturated heterocycles. The third kappa shape index (κ3) is 3.25. The molecule has 0 spiro atoms. The van der Waals surface area contributed by atoms with E-state index in [9.17, 15) is 9.18 Å². The third-order valence-electron chi connectivity index (χ3n) is 4.48. The number of nitrogens with two attached hydrogens (primary N) is 1. The number of nitrogens with one attached hydrogen (secondary N) is 1. The molecule has 3 N–H and O–H groups in total. The standard InChI is InChI=1S/C21H17FN4O/c1-13-2-3-16(10-18(13)25-21(23)27)19-12-24-20-11-15(8-9-26(19)20)14-4-6-17(22)7-5-14/h2-12H,1H3,(H3,23,25,27). The van der Waals surface area contributed by atoms with Gasteiger partial charge in [-0.25, -0.2) is 14.2 Å². The molecule has 2 aromatic heterocycles. The van der Waals surface area contributed by atoms with E-state index < -0.39 is 6.03 Å². The summed E-state index contributed by atoms with van der Waals surface area (Å²) in [6.45, 7) is 1.90. The van der Waals surface area contributed by atoms with Crippen molar-refractivity contribution in [1.82, 2.24) is 9.38 Å². The highest BCUT2D eigenvalue weighted by molar-refractivity contribution is 5.89. The Balaban J connectivity index is 1.76. The zero-order valence-electron chi connectivity index (χ0n) is 14.6. The summed E-state index contributed by atoms with van der Waals surface area (Å²) < 4.78 is 15.1. The number of amides is 2. The lowest BCUT2D eigenvalue weighted by Crippen LogP contribution is -2.19. The predicted molar refractivity (Wildman–Crippen MR) is 104 cm³/mol. The lowest BCUT2D eigenvalue weighted by Gasteiger charge is -2.09.